The number of nitrogens with one attached hydrogen (secondary N) is 1. The van der Waals surface area contributed by atoms with Gasteiger partial charge < -0.3 is 10.1 Å². The smallest absolute Gasteiger partial charge is 0.265 e. The summed E-state index contributed by atoms with van der Waals surface area (Å²) in [5, 5.41) is 3.93. The number of carbonyl (C=O) groups is 2. The third kappa shape index (κ3) is 4.44. The topological polar surface area (TPSA) is 58.6 Å². The lowest BCUT2D eigenvalue weighted by molar-refractivity contribution is -0.125. The number of carbonyl (C=O) groups excluding carboxylic acids is 2. The van der Waals surface area contributed by atoms with Gasteiger partial charge in [0.15, 0.2) is 6.61 Å². The van der Waals surface area contributed by atoms with Gasteiger partial charge in [-0.3, -0.25) is 14.5 Å². The lowest BCUT2D eigenvalue weighted by Gasteiger charge is -2.28. The second-order valence-corrected chi connectivity index (χ2v) is 6.49. The lowest BCUT2D eigenvalue weighted by atomic mass is 10.1. The summed E-state index contributed by atoms with van der Waals surface area (Å²) in [5.41, 5.74) is 1.54. The average molecular weight is 379 g/mol. The molecule has 2 aromatic rings. The number of anilines is 1. The van der Waals surface area contributed by atoms with Crippen LogP contribution in [0.4, 0.5) is 5.69 Å². The summed E-state index contributed by atoms with van der Waals surface area (Å²) >= 11 is 11.9. The number of fused-ring (bicyclic) bond motifs is 1. The molecule has 0 radical (unpaired) electrons. The quantitative estimate of drug-likeness (QED) is 0.869. The van der Waals surface area contributed by atoms with Crippen molar-refractivity contribution in [3.63, 3.8) is 0 Å². The zero-order chi connectivity index (χ0) is 17.8. The van der Waals surface area contributed by atoms with Gasteiger partial charge in [-0.15, -0.1) is 0 Å². The summed E-state index contributed by atoms with van der Waals surface area (Å²) in [6, 6.07) is 12.4. The molecular formula is C18H16Cl2N2O3. The van der Waals surface area contributed by atoms with Gasteiger partial charge in [0.05, 0.1) is 5.69 Å². The summed E-state index contributed by atoms with van der Waals surface area (Å²) < 4.78 is 5.36. The van der Waals surface area contributed by atoms with Gasteiger partial charge in [-0.1, -0.05) is 35.3 Å². The first kappa shape index (κ1) is 17.6. The Morgan fingerprint density at radius 1 is 1.16 bits per heavy atom. The van der Waals surface area contributed by atoms with E-state index in [9.17, 15) is 9.59 Å². The van der Waals surface area contributed by atoms with Crippen LogP contribution in [0, 0.1) is 0 Å². The van der Waals surface area contributed by atoms with Gasteiger partial charge >= 0.3 is 0 Å². The number of ether oxygens (including phenoxy) is 1. The van der Waals surface area contributed by atoms with Crippen molar-refractivity contribution in [2.24, 2.45) is 0 Å². The highest BCUT2D eigenvalue weighted by atomic mass is 35.5. The predicted octanol–water partition coefficient (Wildman–Crippen LogP) is 3.08. The van der Waals surface area contributed by atoms with Gasteiger partial charge in [-0.25, -0.2) is 0 Å². The van der Waals surface area contributed by atoms with Crippen molar-refractivity contribution in [3.05, 3.63) is 58.1 Å². The summed E-state index contributed by atoms with van der Waals surface area (Å²) in [7, 11) is 0. The first-order valence-corrected chi connectivity index (χ1v) is 8.52. The summed E-state index contributed by atoms with van der Waals surface area (Å²) in [6.07, 6.45) is 0.597. The Bertz CT molecular complexity index is 790. The Balaban J connectivity index is 1.57. The third-order valence-corrected chi connectivity index (χ3v) is 4.20. The second-order valence-electron chi connectivity index (χ2n) is 5.61. The molecule has 3 rings (SSSR count). The van der Waals surface area contributed by atoms with Crippen molar-refractivity contribution < 1.29 is 14.3 Å². The molecule has 1 heterocycles. The van der Waals surface area contributed by atoms with Crippen molar-refractivity contribution in [2.45, 2.75) is 6.42 Å². The van der Waals surface area contributed by atoms with Crippen LogP contribution in [0.15, 0.2) is 42.5 Å². The maximum atomic E-state index is 12.2. The Hall–Kier alpha value is -2.24. The van der Waals surface area contributed by atoms with Gasteiger partial charge in [0, 0.05) is 16.6 Å². The number of hydrogen-bond donors (Lipinski definition) is 1. The number of para-hydroxylation sites is 2. The standard InChI is InChI=1S/C18H16Cl2N2O3/c19-13-7-12(8-14(20)9-13)5-6-21-17(23)10-22-15-3-1-2-4-16(15)25-11-18(22)24/h1-4,7-9H,5-6,10-11H2,(H,21,23). The molecule has 1 aliphatic heterocycles. The van der Waals surface area contributed by atoms with Crippen LogP contribution in [-0.2, 0) is 16.0 Å². The highest BCUT2D eigenvalue weighted by Gasteiger charge is 2.26. The van der Waals surface area contributed by atoms with E-state index in [4.69, 9.17) is 27.9 Å². The predicted molar refractivity (Wildman–Crippen MR) is 97.5 cm³/mol. The van der Waals surface area contributed by atoms with E-state index in [-0.39, 0.29) is 25.0 Å². The molecule has 2 aromatic carbocycles. The van der Waals surface area contributed by atoms with E-state index < -0.39 is 0 Å². The van der Waals surface area contributed by atoms with E-state index in [1.54, 1.807) is 36.4 Å². The number of nitrogens with zero attached hydrogens (tertiary/aromatic N) is 1. The fourth-order valence-corrected chi connectivity index (χ4v) is 3.20. The number of benzene rings is 2. The number of hydrogen-bond acceptors (Lipinski definition) is 3. The van der Waals surface area contributed by atoms with Crippen LogP contribution >= 0.6 is 23.2 Å². The van der Waals surface area contributed by atoms with Crippen LogP contribution < -0.4 is 15.0 Å². The van der Waals surface area contributed by atoms with Crippen molar-refractivity contribution in [1.29, 1.82) is 0 Å². The van der Waals surface area contributed by atoms with Crippen molar-refractivity contribution in [1.82, 2.24) is 5.32 Å². The molecule has 1 aliphatic rings. The summed E-state index contributed by atoms with van der Waals surface area (Å²) in [4.78, 5) is 25.7. The maximum Gasteiger partial charge on any atom is 0.265 e. The largest absolute Gasteiger partial charge is 0.482 e. The van der Waals surface area contributed by atoms with Crippen molar-refractivity contribution in [3.8, 4) is 5.75 Å². The van der Waals surface area contributed by atoms with Gasteiger partial charge in [0.1, 0.15) is 12.3 Å². The molecule has 130 valence electrons. The number of halogens is 2. The molecule has 0 saturated carbocycles. The Kier molecular flexibility index (Phi) is 5.46. The normalized spacial score (nSPS) is 13.2. The fourth-order valence-electron chi connectivity index (χ4n) is 2.63. The lowest BCUT2D eigenvalue weighted by Crippen LogP contribution is -2.45. The van der Waals surface area contributed by atoms with Crippen LogP contribution in [0.1, 0.15) is 5.56 Å². The molecule has 1 N–H and O–H groups in total. The van der Waals surface area contributed by atoms with Gasteiger partial charge in [-0.2, -0.15) is 0 Å². The van der Waals surface area contributed by atoms with E-state index in [0.29, 0.717) is 34.4 Å². The molecule has 0 atom stereocenters. The Labute approximate surface area is 155 Å². The third-order valence-electron chi connectivity index (χ3n) is 3.77. The number of rotatable bonds is 5. The SMILES string of the molecule is O=C(CN1C(=O)COc2ccccc21)NCCc1cc(Cl)cc(Cl)c1. The molecule has 0 aliphatic carbocycles. The van der Waals surface area contributed by atoms with Crippen molar-refractivity contribution in [2.75, 3.05) is 24.6 Å². The van der Waals surface area contributed by atoms with E-state index in [2.05, 4.69) is 5.32 Å². The molecule has 25 heavy (non-hydrogen) atoms. The molecule has 0 bridgehead atoms. The van der Waals surface area contributed by atoms with Gasteiger partial charge in [0.25, 0.3) is 5.91 Å². The zero-order valence-corrected chi connectivity index (χ0v) is 14.8. The van der Waals surface area contributed by atoms with E-state index in [1.165, 1.54) is 4.90 Å². The fraction of sp³-hybridized carbons (Fsp3) is 0.222. The first-order valence-electron chi connectivity index (χ1n) is 7.77. The van der Waals surface area contributed by atoms with Crippen LogP contribution in [0.3, 0.4) is 0 Å². The summed E-state index contributed by atoms with van der Waals surface area (Å²) in [6.45, 7) is 0.316. The minimum atomic E-state index is -0.240. The van der Waals surface area contributed by atoms with E-state index in [0.717, 1.165) is 5.56 Å². The zero-order valence-electron chi connectivity index (χ0n) is 13.3. The maximum absolute atomic E-state index is 12.2. The minimum absolute atomic E-state index is 0.0461. The molecule has 2 amide bonds. The second kappa shape index (κ2) is 7.76. The molecule has 5 nitrogen and oxygen atoms in total. The molecule has 0 fully saturated rings. The van der Waals surface area contributed by atoms with Crippen LogP contribution in [0.25, 0.3) is 0 Å². The molecule has 7 heteroatoms. The number of amides is 2. The van der Waals surface area contributed by atoms with Crippen LogP contribution in [0.2, 0.25) is 10.0 Å². The Morgan fingerprint density at radius 2 is 1.88 bits per heavy atom. The van der Waals surface area contributed by atoms with Gasteiger partial charge in [-0.05, 0) is 42.3 Å². The van der Waals surface area contributed by atoms with Crippen molar-refractivity contribution >= 4 is 40.7 Å². The minimum Gasteiger partial charge on any atom is -0.482 e. The van der Waals surface area contributed by atoms with E-state index >= 15 is 0 Å². The molecule has 0 aromatic heterocycles. The van der Waals surface area contributed by atoms with Gasteiger partial charge in [0.2, 0.25) is 5.91 Å². The molecule has 0 saturated heterocycles. The Morgan fingerprint density at radius 3 is 2.64 bits per heavy atom. The molecular weight excluding hydrogens is 363 g/mol. The van der Waals surface area contributed by atoms with E-state index in [1.807, 2.05) is 6.07 Å². The monoisotopic (exact) mass is 378 g/mol. The molecule has 0 unspecified atom stereocenters. The van der Waals surface area contributed by atoms with Crippen LogP contribution in [-0.4, -0.2) is 31.5 Å². The highest BCUT2D eigenvalue weighted by Crippen LogP contribution is 2.31. The molecule has 0 spiro atoms. The average Bonchev–Trinajstić information content (AvgIpc) is 2.57. The highest BCUT2D eigenvalue weighted by molar-refractivity contribution is 6.34. The summed E-state index contributed by atoms with van der Waals surface area (Å²) in [5.74, 6) is 0.122. The van der Waals surface area contributed by atoms with Crippen LogP contribution in [0.5, 0.6) is 5.75 Å². The first-order chi connectivity index (χ1) is 12.0.